The summed E-state index contributed by atoms with van der Waals surface area (Å²) in [6, 6.07) is -3.34. The van der Waals surface area contributed by atoms with Gasteiger partial charge >= 0.3 is 5.97 Å². The van der Waals surface area contributed by atoms with Crippen molar-refractivity contribution in [2.45, 2.75) is 24.5 Å². The Bertz CT molecular complexity index is 656. The molecule has 1 heterocycles. The second-order valence-corrected chi connectivity index (χ2v) is 6.16. The van der Waals surface area contributed by atoms with Crippen molar-refractivity contribution in [2.75, 3.05) is 18.1 Å². The summed E-state index contributed by atoms with van der Waals surface area (Å²) in [5.41, 5.74) is 5.70. The van der Waals surface area contributed by atoms with Gasteiger partial charge in [-0.05, 0) is 0 Å². The van der Waals surface area contributed by atoms with Gasteiger partial charge in [-0.15, -0.1) is 0 Å². The highest BCUT2D eigenvalue weighted by Crippen LogP contribution is 2.01. The number of carbonyl (C=O) groups is 4. The van der Waals surface area contributed by atoms with Gasteiger partial charge in [0, 0.05) is 29.8 Å². The number of nitrogens with two attached hydrogens (primary N) is 1. The van der Waals surface area contributed by atoms with Gasteiger partial charge in [0.15, 0.2) is 0 Å². The molecule has 0 bridgehead atoms. The maximum atomic E-state index is 12.4. The molecule has 3 amide bonds. The molecule has 0 fully saturated rings. The highest BCUT2D eigenvalue weighted by Gasteiger charge is 2.28. The lowest BCUT2D eigenvalue weighted by molar-refractivity contribution is -0.142. The minimum Gasteiger partial charge on any atom is -0.480 e. The largest absolute Gasteiger partial charge is 0.480 e. The third-order valence-electron chi connectivity index (χ3n) is 3.43. The van der Waals surface area contributed by atoms with E-state index in [1.165, 1.54) is 12.5 Å². The molecule has 0 radical (unpaired) electrons. The Morgan fingerprint density at radius 1 is 1.07 bits per heavy atom. The molecule has 0 spiro atoms. The van der Waals surface area contributed by atoms with Crippen LogP contribution in [0.15, 0.2) is 12.5 Å². The van der Waals surface area contributed by atoms with Crippen molar-refractivity contribution in [1.29, 1.82) is 0 Å². The number of aromatic nitrogens is 2. The number of hydrogen-bond acceptors (Lipinski definition) is 8. The smallest absolute Gasteiger partial charge is 0.326 e. The fraction of sp³-hybridized carbons (Fsp3) is 0.500. The first-order valence-corrected chi connectivity index (χ1v) is 9.10. The van der Waals surface area contributed by atoms with Crippen molar-refractivity contribution in [2.24, 2.45) is 5.73 Å². The van der Waals surface area contributed by atoms with E-state index >= 15 is 0 Å². The van der Waals surface area contributed by atoms with Crippen LogP contribution in [0.25, 0.3) is 0 Å². The van der Waals surface area contributed by atoms with E-state index in [1.54, 1.807) is 0 Å². The summed E-state index contributed by atoms with van der Waals surface area (Å²) in [4.78, 5) is 53.8. The van der Waals surface area contributed by atoms with Crippen molar-refractivity contribution in [3.05, 3.63) is 18.2 Å². The first kappa shape index (κ1) is 22.8. The Labute approximate surface area is 166 Å². The van der Waals surface area contributed by atoms with E-state index < -0.39 is 41.8 Å². The van der Waals surface area contributed by atoms with Crippen LogP contribution in [0.3, 0.4) is 0 Å². The zero-order chi connectivity index (χ0) is 20.4. The Kier molecular flexibility index (Phi) is 9.67. The van der Waals surface area contributed by atoms with Crippen LogP contribution >= 0.6 is 25.3 Å². The molecule has 11 nitrogen and oxygen atoms in total. The number of H-pyrrole nitrogens is 1. The van der Waals surface area contributed by atoms with Gasteiger partial charge in [-0.1, -0.05) is 0 Å². The zero-order valence-corrected chi connectivity index (χ0v) is 16.0. The molecule has 1 aromatic heterocycles. The minimum absolute atomic E-state index is 0.0138. The van der Waals surface area contributed by atoms with Crippen molar-refractivity contribution in [1.82, 2.24) is 25.9 Å². The topological polar surface area (TPSA) is 179 Å². The Morgan fingerprint density at radius 2 is 1.63 bits per heavy atom. The molecule has 0 aliphatic rings. The first-order chi connectivity index (χ1) is 12.8. The molecule has 0 aromatic carbocycles. The number of hydrogen-bond donors (Lipinski definition) is 8. The Hall–Kier alpha value is -2.25. The Balaban J connectivity index is 2.72. The average Bonchev–Trinajstić information content (AvgIpc) is 3.15. The van der Waals surface area contributed by atoms with Crippen LogP contribution in [0.2, 0.25) is 0 Å². The van der Waals surface area contributed by atoms with Crippen LogP contribution in [0.5, 0.6) is 0 Å². The molecule has 27 heavy (non-hydrogen) atoms. The molecule has 0 aliphatic carbocycles. The first-order valence-electron chi connectivity index (χ1n) is 7.84. The number of aliphatic carboxylic acids is 1. The minimum atomic E-state index is -1.24. The van der Waals surface area contributed by atoms with E-state index in [0.29, 0.717) is 5.69 Å². The van der Waals surface area contributed by atoms with E-state index in [1.807, 2.05) is 0 Å². The van der Waals surface area contributed by atoms with Gasteiger partial charge < -0.3 is 31.8 Å². The van der Waals surface area contributed by atoms with E-state index in [9.17, 15) is 24.3 Å². The molecule has 150 valence electrons. The van der Waals surface area contributed by atoms with Crippen LogP contribution in [-0.4, -0.2) is 74.9 Å². The summed E-state index contributed by atoms with van der Waals surface area (Å²) in [7, 11) is 0. The molecule has 13 heteroatoms. The Morgan fingerprint density at radius 3 is 2.07 bits per heavy atom. The highest BCUT2D eigenvalue weighted by atomic mass is 32.1. The highest BCUT2D eigenvalue weighted by molar-refractivity contribution is 7.80. The molecule has 1 aromatic rings. The van der Waals surface area contributed by atoms with Gasteiger partial charge in [0.05, 0.1) is 12.9 Å². The number of carbonyl (C=O) groups excluding carboxylic acids is 3. The number of aromatic amines is 1. The molecule has 3 atom stereocenters. The zero-order valence-electron chi connectivity index (χ0n) is 14.2. The quantitative estimate of drug-likeness (QED) is 0.180. The fourth-order valence-corrected chi connectivity index (χ4v) is 2.52. The second-order valence-electron chi connectivity index (χ2n) is 5.43. The van der Waals surface area contributed by atoms with Crippen LogP contribution < -0.4 is 21.7 Å². The maximum Gasteiger partial charge on any atom is 0.326 e. The monoisotopic (exact) mass is 418 g/mol. The van der Waals surface area contributed by atoms with Crippen LogP contribution in [0.4, 0.5) is 0 Å². The predicted octanol–water partition coefficient (Wildman–Crippen LogP) is -2.69. The number of carboxylic acids is 1. The van der Waals surface area contributed by atoms with Gasteiger partial charge in [-0.25, -0.2) is 9.78 Å². The standard InChI is InChI=1S/C14H22N6O5S2/c15-2-11(21)18-9(4-26)12(22)20-10(5-27)13(23)19-8(14(24)25)1-7-3-16-6-17-7/h3,6,8-10,26-27H,1-2,4-5,15H2,(H,16,17)(H,18,21)(H,19,23)(H,20,22)(H,24,25). The predicted molar refractivity (Wildman–Crippen MR) is 102 cm³/mol. The summed E-state index contributed by atoms with van der Waals surface area (Å²) in [5, 5.41) is 16.4. The van der Waals surface area contributed by atoms with Gasteiger partial charge in [0.2, 0.25) is 17.7 Å². The molecule has 0 saturated carbocycles. The third kappa shape index (κ3) is 7.48. The number of thiol groups is 2. The van der Waals surface area contributed by atoms with Crippen molar-refractivity contribution in [3.8, 4) is 0 Å². The molecular formula is C14H22N6O5S2. The van der Waals surface area contributed by atoms with E-state index in [4.69, 9.17) is 5.73 Å². The number of carboxylic acid groups (broad SMARTS) is 1. The van der Waals surface area contributed by atoms with Crippen LogP contribution in [0, 0.1) is 0 Å². The van der Waals surface area contributed by atoms with Crippen molar-refractivity contribution in [3.63, 3.8) is 0 Å². The fourth-order valence-electron chi connectivity index (χ4n) is 2.00. The molecular weight excluding hydrogens is 396 g/mol. The number of nitrogens with zero attached hydrogens (tertiary/aromatic N) is 1. The van der Waals surface area contributed by atoms with Crippen molar-refractivity contribution >= 4 is 48.9 Å². The molecule has 1 rings (SSSR count). The maximum absolute atomic E-state index is 12.4. The summed E-state index contributed by atoms with van der Waals surface area (Å²) in [6.07, 6.45) is 2.82. The van der Waals surface area contributed by atoms with Gasteiger partial charge in [-0.2, -0.15) is 25.3 Å². The van der Waals surface area contributed by atoms with Crippen LogP contribution in [-0.2, 0) is 25.6 Å². The van der Waals surface area contributed by atoms with E-state index in [-0.39, 0.29) is 24.5 Å². The lowest BCUT2D eigenvalue weighted by Crippen LogP contribution is -2.57. The normalized spacial score (nSPS) is 13.9. The third-order valence-corrected chi connectivity index (χ3v) is 4.16. The molecule has 0 saturated heterocycles. The van der Waals surface area contributed by atoms with E-state index in [0.717, 1.165) is 0 Å². The van der Waals surface area contributed by atoms with Crippen LogP contribution in [0.1, 0.15) is 5.69 Å². The lowest BCUT2D eigenvalue weighted by atomic mass is 10.1. The number of nitrogens with one attached hydrogen (secondary N) is 4. The average molecular weight is 419 g/mol. The number of amides is 3. The number of rotatable bonds is 11. The summed E-state index contributed by atoms with van der Waals surface area (Å²) >= 11 is 7.99. The van der Waals surface area contributed by atoms with Crippen molar-refractivity contribution < 1.29 is 24.3 Å². The second kappa shape index (κ2) is 11.5. The van der Waals surface area contributed by atoms with Gasteiger partial charge in [-0.3, -0.25) is 14.4 Å². The number of imidazole rings is 1. The molecule has 3 unspecified atom stereocenters. The molecule has 7 N–H and O–H groups in total. The van der Waals surface area contributed by atoms with E-state index in [2.05, 4.69) is 51.2 Å². The summed E-state index contributed by atoms with van der Waals surface area (Å²) < 4.78 is 0. The van der Waals surface area contributed by atoms with Gasteiger partial charge in [0.1, 0.15) is 18.1 Å². The van der Waals surface area contributed by atoms with Gasteiger partial charge in [0.25, 0.3) is 0 Å². The summed E-state index contributed by atoms with van der Waals surface area (Å²) in [6.45, 7) is -0.304. The lowest BCUT2D eigenvalue weighted by Gasteiger charge is -2.22. The SMILES string of the molecule is NCC(=O)NC(CS)C(=O)NC(CS)C(=O)NC(Cc1cnc[nH]1)C(=O)O. The molecule has 0 aliphatic heterocycles. The summed E-state index contributed by atoms with van der Waals surface area (Å²) in [5.74, 6) is -3.30.